The Morgan fingerprint density at radius 2 is 0.469 bits per heavy atom. The highest BCUT2D eigenvalue weighted by Crippen LogP contribution is 2.59. The first-order valence-corrected chi connectivity index (χ1v) is 44.6. The maximum absolute atomic E-state index is 8.39. The molecule has 18 aromatic carbocycles. The smallest absolute Gasteiger partial charge is 0.211 e. The van der Waals surface area contributed by atoms with Gasteiger partial charge in [0, 0.05) is 78.5 Å². The number of hydrogen-bond acceptors (Lipinski definition) is 4. The first-order chi connectivity index (χ1) is 62.0. The molecular weight excluding hydrogens is 1550 g/mol. The van der Waals surface area contributed by atoms with E-state index >= 15 is 0 Å². The lowest BCUT2D eigenvalue weighted by molar-refractivity contribution is 0.660. The van der Waals surface area contributed by atoms with Gasteiger partial charge in [-0.3, -0.25) is 0 Å². The fraction of sp³-hybridized carbons (Fsp3) is 0.131. The molecule has 0 N–H and O–H groups in total. The predicted octanol–water partition coefficient (Wildman–Crippen LogP) is 34.5. The van der Waals surface area contributed by atoms with Crippen LogP contribution < -0.4 is 19.6 Å². The fourth-order valence-electron chi connectivity index (χ4n) is 21.4. The standard InChI is InChI=1S/C61H48N4.C61H50N2/c1-39-27-40(2)30-51(29-39)64(59-25-20-46(36-57(59)62-7)43-15-11-9-12-16-43)49-22-19-45-34-54-53-24-23-50(38-56(53)61(5,6)55(54)35-48(45)33-49)65(52-31-41(3)28-42(4)32-52)60-26-21-47(37-58(60)63-8)44-17-13-10-14-18-44;1-59(2)53-23-15-13-21-47(53)49-30-27-44(36-56(49)59)62(41-17-9-7-10-18-41)43-26-25-39-34-52-51-32-29-46(38-58(51)61(5,6)55(52)35-40(39)33-43)63(42-19-11-8-12-20-42)45-28-31-50-48-22-14-16-24-54(48)60(3,4)57(50)37-45/h9-38H,1-6H3;7-38H,1-6H3. The van der Waals surface area contributed by atoms with Gasteiger partial charge in [-0.05, 0) is 353 Å². The van der Waals surface area contributed by atoms with Crippen LogP contribution in [0.15, 0.2) is 376 Å². The van der Waals surface area contributed by atoms with E-state index in [-0.39, 0.29) is 21.7 Å². The number of hydrogen-bond donors (Lipinski definition) is 0. The molecule has 0 amide bonds. The Morgan fingerprint density at radius 1 is 0.188 bits per heavy atom. The van der Waals surface area contributed by atoms with E-state index in [1.54, 1.807) is 0 Å². The van der Waals surface area contributed by atoms with E-state index in [2.05, 4.69) is 440 Å². The van der Waals surface area contributed by atoms with E-state index < -0.39 is 0 Å². The summed E-state index contributed by atoms with van der Waals surface area (Å²) in [5.41, 5.74) is 43.3. The molecule has 0 aromatic heterocycles. The number of nitrogens with zero attached hydrogens (tertiary/aromatic N) is 6. The summed E-state index contributed by atoms with van der Waals surface area (Å²) in [7, 11) is 0. The molecule has 4 aliphatic rings. The number of rotatable bonds is 14. The predicted molar refractivity (Wildman–Crippen MR) is 539 cm³/mol. The SMILES string of the molecule is CC1(C)c2ccccc2-c2ccc(N(c3ccccc3)c3ccc4c(c3)C(C)(C)c3cc5cc(N(c6ccccc6)c6ccc7c(c6)C(C)(C)c6ccccc6-7)ccc5cc3-4)cc21.[C-]#[N+]c1cc(-c2ccccc2)ccc1N(c1cc(C)cc(C)c1)c1ccc2c(c1)C(C)(C)c1cc3cc(N(c4cc(C)cc(C)c4)c4ccc(-c5ccccc5)cc4[N+]#[C-])ccc3cc1-2. The lowest BCUT2D eigenvalue weighted by Gasteiger charge is -2.30. The topological polar surface area (TPSA) is 21.7 Å². The van der Waals surface area contributed by atoms with Crippen LogP contribution in [0.5, 0.6) is 0 Å². The van der Waals surface area contributed by atoms with Crippen molar-refractivity contribution in [3.8, 4) is 66.8 Å². The van der Waals surface area contributed by atoms with Crippen molar-refractivity contribution in [3.05, 3.63) is 466 Å². The maximum Gasteiger partial charge on any atom is 0.211 e. The van der Waals surface area contributed by atoms with Gasteiger partial charge in [0.25, 0.3) is 0 Å². The first-order valence-electron chi connectivity index (χ1n) is 44.6. The zero-order valence-electron chi connectivity index (χ0n) is 74.5. The molecule has 0 radical (unpaired) electrons. The summed E-state index contributed by atoms with van der Waals surface area (Å²) in [6, 6.07) is 137. The highest BCUT2D eigenvalue weighted by atomic mass is 15.2. The van der Waals surface area contributed by atoms with Crippen LogP contribution in [0.3, 0.4) is 0 Å². The lowest BCUT2D eigenvalue weighted by atomic mass is 9.81. The highest BCUT2D eigenvalue weighted by Gasteiger charge is 2.42. The van der Waals surface area contributed by atoms with Gasteiger partial charge in [-0.15, -0.1) is 0 Å². The molecular formula is C122H98N6. The molecule has 0 spiro atoms. The molecule has 0 fully saturated rings. The Bertz CT molecular complexity index is 7610. The van der Waals surface area contributed by atoms with Crippen molar-refractivity contribution in [2.75, 3.05) is 19.6 Å². The van der Waals surface area contributed by atoms with E-state index in [0.717, 1.165) is 84.2 Å². The Kier molecular flexibility index (Phi) is 19.2. The molecule has 6 nitrogen and oxygen atoms in total. The lowest BCUT2D eigenvalue weighted by Crippen LogP contribution is -2.18. The Balaban J connectivity index is 0.000000156. The fourth-order valence-corrected chi connectivity index (χ4v) is 21.4. The summed E-state index contributed by atoms with van der Waals surface area (Å²) in [6.07, 6.45) is 0. The molecule has 0 unspecified atom stereocenters. The quantitative estimate of drug-likeness (QED) is 0.101. The van der Waals surface area contributed by atoms with E-state index in [0.29, 0.717) is 11.4 Å². The number of fused-ring (bicyclic) bond motifs is 14. The third kappa shape index (κ3) is 13.4. The van der Waals surface area contributed by atoms with Crippen molar-refractivity contribution in [1.82, 2.24) is 0 Å². The van der Waals surface area contributed by atoms with Crippen LogP contribution in [0.4, 0.5) is 79.6 Å². The molecule has 4 aliphatic carbocycles. The second-order valence-electron chi connectivity index (χ2n) is 37.4. The number of anilines is 12. The Labute approximate surface area is 752 Å². The molecule has 18 aromatic rings. The van der Waals surface area contributed by atoms with Gasteiger partial charge in [-0.1, -0.05) is 262 Å². The summed E-state index contributed by atoms with van der Waals surface area (Å²) >= 11 is 0. The third-order valence-corrected chi connectivity index (χ3v) is 27.7. The average Bonchev–Trinajstić information content (AvgIpc) is 1.74. The molecule has 0 aliphatic heterocycles. The third-order valence-electron chi connectivity index (χ3n) is 27.7. The van der Waals surface area contributed by atoms with Crippen molar-refractivity contribution in [2.24, 2.45) is 0 Å². The van der Waals surface area contributed by atoms with Gasteiger partial charge < -0.3 is 19.6 Å². The number of aryl methyl sites for hydroxylation is 4. The van der Waals surface area contributed by atoms with Gasteiger partial charge in [-0.25, -0.2) is 9.69 Å². The van der Waals surface area contributed by atoms with Crippen molar-refractivity contribution in [3.63, 3.8) is 0 Å². The van der Waals surface area contributed by atoms with Gasteiger partial charge in [0.05, 0.1) is 24.5 Å². The van der Waals surface area contributed by atoms with Crippen molar-refractivity contribution in [1.29, 1.82) is 0 Å². The van der Waals surface area contributed by atoms with E-state index in [9.17, 15) is 0 Å². The molecule has 0 saturated carbocycles. The Hall–Kier alpha value is -15.3. The molecule has 22 rings (SSSR count). The molecule has 616 valence electrons. The molecule has 0 bridgehead atoms. The molecule has 6 heteroatoms. The van der Waals surface area contributed by atoms with Gasteiger partial charge in [0.1, 0.15) is 0 Å². The maximum atomic E-state index is 8.39. The second-order valence-corrected chi connectivity index (χ2v) is 37.4. The average molecular weight is 1650 g/mol. The van der Waals surface area contributed by atoms with Crippen LogP contribution in [0.1, 0.15) is 122 Å². The number of benzene rings is 18. The van der Waals surface area contributed by atoms with E-state index in [4.69, 9.17) is 13.1 Å². The summed E-state index contributed by atoms with van der Waals surface area (Å²) in [5.74, 6) is 0. The molecule has 0 saturated heterocycles. The van der Waals surface area contributed by atoms with Crippen LogP contribution in [-0.4, -0.2) is 0 Å². The first kappa shape index (κ1) is 79.8. The summed E-state index contributed by atoms with van der Waals surface area (Å²) in [4.78, 5) is 17.6. The molecule has 128 heavy (non-hydrogen) atoms. The van der Waals surface area contributed by atoms with Gasteiger partial charge in [-0.2, -0.15) is 0 Å². The minimum atomic E-state index is -0.323. The van der Waals surface area contributed by atoms with Crippen molar-refractivity contribution >= 4 is 101 Å². The molecule has 0 atom stereocenters. The zero-order valence-corrected chi connectivity index (χ0v) is 74.5. The monoisotopic (exact) mass is 1650 g/mol. The zero-order chi connectivity index (χ0) is 87.8. The van der Waals surface area contributed by atoms with E-state index in [1.165, 1.54) is 139 Å². The van der Waals surface area contributed by atoms with Crippen LogP contribution in [-0.2, 0) is 21.7 Å². The molecule has 0 heterocycles. The largest absolute Gasteiger partial charge is 0.320 e. The minimum absolute atomic E-state index is 0.0859. The van der Waals surface area contributed by atoms with Crippen molar-refractivity contribution in [2.45, 2.75) is 105 Å². The summed E-state index contributed by atoms with van der Waals surface area (Å²) < 4.78 is 0. The summed E-state index contributed by atoms with van der Waals surface area (Å²) in [5, 5.41) is 4.79. The highest BCUT2D eigenvalue weighted by molar-refractivity contribution is 6.02. The van der Waals surface area contributed by atoms with Crippen LogP contribution in [0.2, 0.25) is 0 Å². The van der Waals surface area contributed by atoms with E-state index in [1.807, 2.05) is 48.5 Å². The normalized spacial score (nSPS) is 13.7. The van der Waals surface area contributed by atoms with Crippen LogP contribution in [0.25, 0.3) is 98.0 Å². The van der Waals surface area contributed by atoms with Crippen molar-refractivity contribution < 1.29 is 0 Å². The summed E-state index contributed by atoms with van der Waals surface area (Å²) in [6.45, 7) is 44.2. The van der Waals surface area contributed by atoms with Crippen LogP contribution in [0, 0.1) is 40.8 Å². The van der Waals surface area contributed by atoms with Gasteiger partial charge in [0.2, 0.25) is 11.4 Å². The van der Waals surface area contributed by atoms with Crippen LogP contribution >= 0.6 is 0 Å². The Morgan fingerprint density at radius 3 is 0.828 bits per heavy atom. The van der Waals surface area contributed by atoms with Gasteiger partial charge in [0.15, 0.2) is 0 Å². The second kappa shape index (κ2) is 30.8. The number of para-hydroxylation sites is 2. The van der Waals surface area contributed by atoms with Gasteiger partial charge >= 0.3 is 0 Å². The minimum Gasteiger partial charge on any atom is -0.320 e.